The van der Waals surface area contributed by atoms with Crippen LogP contribution in [0.5, 0.6) is 5.75 Å². The number of benzene rings is 1. The van der Waals surface area contributed by atoms with Crippen LogP contribution in [0.25, 0.3) is 0 Å². The summed E-state index contributed by atoms with van der Waals surface area (Å²) in [6, 6.07) is 6.33. The zero-order valence-corrected chi connectivity index (χ0v) is 9.97. The molecule has 0 saturated carbocycles. The third-order valence-corrected chi connectivity index (χ3v) is 4.26. The van der Waals surface area contributed by atoms with Gasteiger partial charge < -0.3 is 10.4 Å². The summed E-state index contributed by atoms with van der Waals surface area (Å²) in [5, 5.41) is 13.7. The second-order valence-corrected chi connectivity index (χ2v) is 5.60. The van der Waals surface area contributed by atoms with Gasteiger partial charge in [-0.25, -0.2) is 0 Å². The number of aryl methyl sites for hydroxylation is 1. The summed E-state index contributed by atoms with van der Waals surface area (Å²) >= 11 is 2.01. The third-order valence-electron chi connectivity index (χ3n) is 2.94. The smallest absolute Gasteiger partial charge is 0.120 e. The zero-order valence-electron chi connectivity index (χ0n) is 9.16. The molecule has 2 unspecified atom stereocenters. The molecule has 2 rings (SSSR count). The van der Waals surface area contributed by atoms with Gasteiger partial charge >= 0.3 is 0 Å². The van der Waals surface area contributed by atoms with E-state index in [1.165, 1.54) is 12.2 Å². The minimum atomic E-state index is 0.373. The summed E-state index contributed by atoms with van der Waals surface area (Å²) in [6.07, 6.45) is 1.21. The van der Waals surface area contributed by atoms with Crippen molar-refractivity contribution in [2.24, 2.45) is 0 Å². The minimum absolute atomic E-state index is 0.373. The van der Waals surface area contributed by atoms with Gasteiger partial charge in [-0.15, -0.1) is 0 Å². The molecule has 0 aromatic heterocycles. The van der Waals surface area contributed by atoms with E-state index in [4.69, 9.17) is 0 Å². The van der Waals surface area contributed by atoms with Gasteiger partial charge in [-0.2, -0.15) is 11.8 Å². The molecule has 1 heterocycles. The molecule has 1 aromatic rings. The summed E-state index contributed by atoms with van der Waals surface area (Å²) < 4.78 is 0. The maximum atomic E-state index is 9.59. The first kappa shape index (κ1) is 10.7. The summed E-state index contributed by atoms with van der Waals surface area (Å²) in [4.78, 5) is 0. The van der Waals surface area contributed by atoms with Crippen molar-refractivity contribution in [2.75, 3.05) is 11.1 Å². The molecule has 1 saturated heterocycles. The Morgan fingerprint density at radius 3 is 2.87 bits per heavy atom. The van der Waals surface area contributed by atoms with Crippen LogP contribution in [0.15, 0.2) is 18.2 Å². The number of hydrogen-bond donors (Lipinski definition) is 2. The Morgan fingerprint density at radius 2 is 2.27 bits per heavy atom. The second kappa shape index (κ2) is 4.35. The molecule has 2 nitrogen and oxygen atoms in total. The fourth-order valence-corrected chi connectivity index (χ4v) is 3.03. The Balaban J connectivity index is 2.07. The fraction of sp³-hybridized carbons (Fsp3) is 0.500. The largest absolute Gasteiger partial charge is 0.508 e. The van der Waals surface area contributed by atoms with Crippen molar-refractivity contribution in [1.29, 1.82) is 0 Å². The number of anilines is 1. The van der Waals surface area contributed by atoms with Gasteiger partial charge in [0.05, 0.1) is 0 Å². The van der Waals surface area contributed by atoms with Gasteiger partial charge in [-0.1, -0.05) is 13.0 Å². The number of phenols is 1. The minimum Gasteiger partial charge on any atom is -0.508 e. The predicted octanol–water partition coefficient (Wildman–Crippen LogP) is 3.01. The van der Waals surface area contributed by atoms with Gasteiger partial charge in [0.2, 0.25) is 0 Å². The number of nitrogens with one attached hydrogen (secondary N) is 1. The van der Waals surface area contributed by atoms with Gasteiger partial charge in [0.25, 0.3) is 0 Å². The molecule has 82 valence electrons. The maximum Gasteiger partial charge on any atom is 0.120 e. The number of hydrogen-bond acceptors (Lipinski definition) is 3. The summed E-state index contributed by atoms with van der Waals surface area (Å²) in [5.74, 6) is 1.61. The van der Waals surface area contributed by atoms with Gasteiger partial charge in [0, 0.05) is 23.0 Å². The highest BCUT2D eigenvalue weighted by Crippen LogP contribution is 2.30. The molecule has 3 heteroatoms. The van der Waals surface area contributed by atoms with E-state index in [9.17, 15) is 5.11 Å². The van der Waals surface area contributed by atoms with Gasteiger partial charge in [-0.05, 0) is 30.7 Å². The quantitative estimate of drug-likeness (QED) is 0.808. The highest BCUT2D eigenvalue weighted by molar-refractivity contribution is 8.00. The van der Waals surface area contributed by atoms with E-state index in [-0.39, 0.29) is 0 Å². The van der Waals surface area contributed by atoms with Gasteiger partial charge in [0.15, 0.2) is 0 Å². The van der Waals surface area contributed by atoms with Crippen molar-refractivity contribution < 1.29 is 5.11 Å². The van der Waals surface area contributed by atoms with Crippen molar-refractivity contribution in [1.82, 2.24) is 0 Å². The van der Waals surface area contributed by atoms with E-state index in [0.29, 0.717) is 17.0 Å². The van der Waals surface area contributed by atoms with E-state index in [1.807, 2.05) is 36.9 Å². The number of phenolic OH excluding ortho intramolecular Hbond substituents is 1. The summed E-state index contributed by atoms with van der Waals surface area (Å²) in [7, 11) is 0. The van der Waals surface area contributed by atoms with Crippen molar-refractivity contribution in [2.45, 2.75) is 31.6 Å². The fourth-order valence-electron chi connectivity index (χ4n) is 1.83. The Bertz CT molecular complexity index is 353. The van der Waals surface area contributed by atoms with Crippen LogP contribution in [0.4, 0.5) is 5.69 Å². The molecular formula is C12H17NOS. The molecule has 0 aliphatic carbocycles. The van der Waals surface area contributed by atoms with Crippen molar-refractivity contribution >= 4 is 17.4 Å². The molecule has 15 heavy (non-hydrogen) atoms. The van der Waals surface area contributed by atoms with Crippen molar-refractivity contribution in [3.63, 3.8) is 0 Å². The lowest BCUT2D eigenvalue weighted by Gasteiger charge is -2.18. The van der Waals surface area contributed by atoms with E-state index in [2.05, 4.69) is 12.2 Å². The topological polar surface area (TPSA) is 32.3 Å². The molecule has 0 radical (unpaired) electrons. The van der Waals surface area contributed by atoms with E-state index in [1.54, 1.807) is 0 Å². The van der Waals surface area contributed by atoms with Gasteiger partial charge in [0.1, 0.15) is 5.75 Å². The number of rotatable bonds is 2. The number of thioether (sulfide) groups is 1. The van der Waals surface area contributed by atoms with Crippen LogP contribution in [0.3, 0.4) is 0 Å². The maximum absolute atomic E-state index is 9.59. The molecular weight excluding hydrogens is 206 g/mol. The van der Waals surface area contributed by atoms with Gasteiger partial charge in [-0.3, -0.25) is 0 Å². The first-order valence-electron chi connectivity index (χ1n) is 5.34. The van der Waals surface area contributed by atoms with Crippen LogP contribution in [-0.2, 0) is 0 Å². The molecule has 1 fully saturated rings. The molecule has 0 amide bonds. The zero-order chi connectivity index (χ0) is 10.8. The molecule has 0 spiro atoms. The Hall–Kier alpha value is -0.830. The molecule has 1 aliphatic rings. The summed E-state index contributed by atoms with van der Waals surface area (Å²) in [6.45, 7) is 4.16. The van der Waals surface area contributed by atoms with Crippen molar-refractivity contribution in [3.8, 4) is 5.75 Å². The molecule has 0 bridgehead atoms. The van der Waals surface area contributed by atoms with E-state index < -0.39 is 0 Å². The summed E-state index contributed by atoms with van der Waals surface area (Å²) in [5.41, 5.74) is 1.95. The predicted molar refractivity (Wildman–Crippen MR) is 66.8 cm³/mol. The third kappa shape index (κ3) is 2.40. The van der Waals surface area contributed by atoms with Crippen LogP contribution < -0.4 is 5.32 Å². The van der Waals surface area contributed by atoms with E-state index >= 15 is 0 Å². The average Bonchev–Trinajstić information content (AvgIpc) is 2.59. The Labute approximate surface area is 95.1 Å². The second-order valence-electron chi connectivity index (χ2n) is 4.12. The van der Waals surface area contributed by atoms with Crippen molar-refractivity contribution in [3.05, 3.63) is 23.8 Å². The molecule has 2 N–H and O–H groups in total. The van der Waals surface area contributed by atoms with Crippen LogP contribution >= 0.6 is 11.8 Å². The van der Waals surface area contributed by atoms with Crippen LogP contribution in [-0.4, -0.2) is 22.2 Å². The molecule has 1 aliphatic heterocycles. The van der Waals surface area contributed by atoms with Crippen LogP contribution in [0, 0.1) is 6.92 Å². The Morgan fingerprint density at radius 1 is 1.47 bits per heavy atom. The monoisotopic (exact) mass is 223 g/mol. The average molecular weight is 223 g/mol. The highest BCUT2D eigenvalue weighted by atomic mass is 32.2. The normalized spacial score (nSPS) is 25.5. The van der Waals surface area contributed by atoms with Crippen LogP contribution in [0.2, 0.25) is 0 Å². The first-order valence-corrected chi connectivity index (χ1v) is 6.39. The van der Waals surface area contributed by atoms with Crippen LogP contribution in [0.1, 0.15) is 18.9 Å². The number of aromatic hydroxyl groups is 1. The lowest BCUT2D eigenvalue weighted by Crippen LogP contribution is -2.24. The standard InChI is InChI=1S/C12H17NOS/c1-8-3-4-10(7-12(8)14)13-11-5-6-15-9(11)2/h3-4,7,9,11,13-14H,5-6H2,1-2H3. The SMILES string of the molecule is Cc1ccc(NC2CCSC2C)cc1O. The lowest BCUT2D eigenvalue weighted by molar-refractivity contribution is 0.471. The molecule has 1 aromatic carbocycles. The Kier molecular flexibility index (Phi) is 3.10. The lowest BCUT2D eigenvalue weighted by atomic mass is 10.1. The molecule has 2 atom stereocenters. The highest BCUT2D eigenvalue weighted by Gasteiger charge is 2.23. The van der Waals surface area contributed by atoms with E-state index in [0.717, 1.165) is 11.3 Å². The first-order chi connectivity index (χ1) is 7.16.